The minimum absolute atomic E-state index is 0.132. The smallest absolute Gasteiger partial charge is 0.252 e. The molecule has 1 aromatic heterocycles. The first-order valence-electron chi connectivity index (χ1n) is 4.05. The molecule has 95 valence electrons. The summed E-state index contributed by atoms with van der Waals surface area (Å²) in [5.41, 5.74) is -0.256. The molecular formula is C7H7Cl2N2O4S2. The molecule has 6 nitrogen and oxygen atoms in total. The van der Waals surface area contributed by atoms with E-state index in [0.29, 0.717) is 0 Å². The maximum atomic E-state index is 11.6. The van der Waals surface area contributed by atoms with E-state index in [1.165, 1.54) is 18.3 Å². The summed E-state index contributed by atoms with van der Waals surface area (Å²) in [4.78, 5) is 3.52. The van der Waals surface area contributed by atoms with Crippen molar-refractivity contribution in [3.63, 3.8) is 0 Å². The summed E-state index contributed by atoms with van der Waals surface area (Å²) in [6, 6.07) is 2.59. The average Bonchev–Trinajstić information content (AvgIpc) is 2.30. The van der Waals surface area contributed by atoms with Gasteiger partial charge in [-0.15, -0.1) is 23.2 Å². The Morgan fingerprint density at radius 2 is 1.71 bits per heavy atom. The van der Waals surface area contributed by atoms with Crippen LogP contribution in [0.3, 0.4) is 0 Å². The lowest BCUT2D eigenvalue weighted by Crippen LogP contribution is -2.38. The molecular weight excluding hydrogens is 311 g/mol. The van der Waals surface area contributed by atoms with Gasteiger partial charge in [0, 0.05) is 6.20 Å². The van der Waals surface area contributed by atoms with Gasteiger partial charge in [0.2, 0.25) is 0 Å². The first-order chi connectivity index (χ1) is 7.85. The normalized spacial score (nSPS) is 12.4. The van der Waals surface area contributed by atoms with Gasteiger partial charge in [0.05, 0.1) is 5.69 Å². The fourth-order valence-electron chi connectivity index (χ4n) is 0.981. The van der Waals surface area contributed by atoms with Gasteiger partial charge in [0.25, 0.3) is 20.0 Å². The molecule has 0 unspecified atom stereocenters. The molecule has 0 N–H and O–H groups in total. The topological polar surface area (TPSA) is 84.4 Å². The molecule has 1 radical (unpaired) electrons. The van der Waals surface area contributed by atoms with E-state index in [4.69, 9.17) is 23.2 Å². The van der Waals surface area contributed by atoms with Crippen molar-refractivity contribution in [1.82, 2.24) is 4.98 Å². The number of aromatic nitrogens is 1. The van der Waals surface area contributed by atoms with E-state index in [9.17, 15) is 16.8 Å². The SMILES string of the molecule is O=S(=O)(CCl)N(c1[c]nccc1)S(=O)(=O)CCl. The van der Waals surface area contributed by atoms with Crippen molar-refractivity contribution in [1.29, 1.82) is 0 Å². The highest BCUT2D eigenvalue weighted by molar-refractivity contribution is 8.11. The van der Waals surface area contributed by atoms with Crippen LogP contribution in [0.1, 0.15) is 0 Å². The molecule has 0 saturated heterocycles. The zero-order valence-electron chi connectivity index (χ0n) is 8.25. The number of hydrogen-bond acceptors (Lipinski definition) is 5. The largest absolute Gasteiger partial charge is 0.262 e. The Labute approximate surface area is 109 Å². The van der Waals surface area contributed by atoms with Gasteiger partial charge < -0.3 is 0 Å². The van der Waals surface area contributed by atoms with Crippen LogP contribution < -0.4 is 3.71 Å². The van der Waals surface area contributed by atoms with Crippen LogP contribution in [0, 0.1) is 6.20 Å². The fourth-order valence-corrected chi connectivity index (χ4v) is 4.59. The van der Waals surface area contributed by atoms with E-state index in [2.05, 4.69) is 11.2 Å². The lowest BCUT2D eigenvalue weighted by atomic mass is 10.4. The highest BCUT2D eigenvalue weighted by Gasteiger charge is 2.33. The Bertz CT molecular complexity index is 539. The molecule has 0 fully saturated rings. The molecule has 0 amide bonds. The Balaban J connectivity index is 3.44. The number of pyridine rings is 1. The number of halogens is 2. The van der Waals surface area contributed by atoms with Gasteiger partial charge in [-0.2, -0.15) is 3.71 Å². The summed E-state index contributed by atoms with van der Waals surface area (Å²) in [7, 11) is -8.46. The van der Waals surface area contributed by atoms with Gasteiger partial charge in [-0.05, 0) is 12.1 Å². The fraction of sp³-hybridized carbons (Fsp3) is 0.286. The minimum atomic E-state index is -4.23. The van der Waals surface area contributed by atoms with Crippen LogP contribution in [0.5, 0.6) is 0 Å². The van der Waals surface area contributed by atoms with Crippen LogP contribution in [0.2, 0.25) is 0 Å². The van der Waals surface area contributed by atoms with Crippen LogP contribution in [-0.2, 0) is 20.0 Å². The number of alkyl halides is 2. The first-order valence-corrected chi connectivity index (χ1v) is 8.34. The van der Waals surface area contributed by atoms with E-state index >= 15 is 0 Å². The van der Waals surface area contributed by atoms with E-state index < -0.39 is 30.5 Å². The van der Waals surface area contributed by atoms with Crippen LogP contribution >= 0.6 is 23.2 Å². The highest BCUT2D eigenvalue weighted by Crippen LogP contribution is 2.22. The predicted octanol–water partition coefficient (Wildman–Crippen LogP) is 0.740. The molecule has 17 heavy (non-hydrogen) atoms. The van der Waals surface area contributed by atoms with Crippen molar-refractivity contribution < 1.29 is 16.8 Å². The summed E-state index contributed by atoms with van der Waals surface area (Å²) in [6.45, 7) is 0. The standard InChI is InChI=1S/C7H7Cl2N2O4S2/c8-5-16(12,13)11(17(14,15)6-9)7-2-1-3-10-4-7/h1-3H,5-6H2. The summed E-state index contributed by atoms with van der Waals surface area (Å²) in [6.07, 6.45) is 3.57. The third kappa shape index (κ3) is 3.21. The Hall–Kier alpha value is -0.570. The van der Waals surface area contributed by atoms with Gasteiger partial charge >= 0.3 is 0 Å². The first kappa shape index (κ1) is 14.5. The van der Waals surface area contributed by atoms with E-state index in [0.717, 1.165) is 0 Å². The number of anilines is 1. The lowest BCUT2D eigenvalue weighted by Gasteiger charge is -2.20. The van der Waals surface area contributed by atoms with Crippen LogP contribution in [-0.4, -0.2) is 32.2 Å². The molecule has 1 rings (SSSR count). The Kier molecular flexibility index (Phi) is 4.59. The van der Waals surface area contributed by atoms with E-state index in [1.54, 1.807) is 0 Å². The molecule has 0 aliphatic rings. The monoisotopic (exact) mass is 317 g/mol. The summed E-state index contributed by atoms with van der Waals surface area (Å²) >= 11 is 10.5. The van der Waals surface area contributed by atoms with Crippen molar-refractivity contribution in [2.75, 3.05) is 14.1 Å². The van der Waals surface area contributed by atoms with Crippen molar-refractivity contribution in [2.24, 2.45) is 0 Å². The van der Waals surface area contributed by atoms with Crippen molar-refractivity contribution in [3.8, 4) is 0 Å². The highest BCUT2D eigenvalue weighted by atomic mass is 35.5. The van der Waals surface area contributed by atoms with E-state index in [-0.39, 0.29) is 9.40 Å². The molecule has 0 aliphatic carbocycles. The molecule has 1 aromatic rings. The number of hydrogen-bond donors (Lipinski definition) is 0. The third-order valence-electron chi connectivity index (χ3n) is 1.57. The molecule has 1 heterocycles. The van der Waals surface area contributed by atoms with Crippen LogP contribution in [0.25, 0.3) is 0 Å². The van der Waals surface area contributed by atoms with Gasteiger partial charge in [0.1, 0.15) is 16.6 Å². The summed E-state index contributed by atoms with van der Waals surface area (Å²) in [5.74, 6) is 0. The molecule has 0 bridgehead atoms. The van der Waals surface area contributed by atoms with Crippen LogP contribution in [0.4, 0.5) is 5.69 Å². The molecule has 0 atom stereocenters. The summed E-state index contributed by atoms with van der Waals surface area (Å²) in [5, 5.41) is -1.79. The second-order valence-electron chi connectivity index (χ2n) is 2.77. The van der Waals surface area contributed by atoms with E-state index in [1.807, 2.05) is 0 Å². The lowest BCUT2D eigenvalue weighted by molar-refractivity contribution is 0.589. The zero-order chi connectivity index (χ0) is 13.1. The maximum Gasteiger partial charge on any atom is 0.262 e. The second kappa shape index (κ2) is 5.38. The molecule has 0 aliphatic heterocycles. The molecule has 0 spiro atoms. The number of rotatable bonds is 5. The Morgan fingerprint density at radius 3 is 2.06 bits per heavy atom. The van der Waals surface area contributed by atoms with Gasteiger partial charge in [-0.1, -0.05) is 0 Å². The van der Waals surface area contributed by atoms with Crippen molar-refractivity contribution in [2.45, 2.75) is 0 Å². The van der Waals surface area contributed by atoms with Gasteiger partial charge in [-0.25, -0.2) is 16.8 Å². The minimum Gasteiger partial charge on any atom is -0.252 e. The average molecular weight is 318 g/mol. The third-order valence-corrected chi connectivity index (χ3v) is 6.54. The number of sulfonamides is 2. The zero-order valence-corrected chi connectivity index (χ0v) is 11.4. The van der Waals surface area contributed by atoms with Gasteiger partial charge in [-0.3, -0.25) is 4.98 Å². The number of nitrogens with zero attached hydrogens (tertiary/aromatic N) is 2. The quantitative estimate of drug-likeness (QED) is 0.748. The molecule has 0 saturated carbocycles. The van der Waals surface area contributed by atoms with Crippen molar-refractivity contribution >= 4 is 48.9 Å². The molecule has 10 heteroatoms. The van der Waals surface area contributed by atoms with Crippen molar-refractivity contribution in [3.05, 3.63) is 24.5 Å². The molecule has 0 aromatic carbocycles. The van der Waals surface area contributed by atoms with Crippen LogP contribution in [0.15, 0.2) is 18.3 Å². The van der Waals surface area contributed by atoms with Gasteiger partial charge in [0.15, 0.2) is 0 Å². The second-order valence-corrected chi connectivity index (χ2v) is 7.81. The predicted molar refractivity (Wildman–Crippen MR) is 64.8 cm³/mol. The Morgan fingerprint density at radius 1 is 1.18 bits per heavy atom. The summed E-state index contributed by atoms with van der Waals surface area (Å²) < 4.78 is 46.6. The maximum absolute atomic E-state index is 11.6.